The average molecular weight is 221 g/mol. The largest absolute Gasteiger partial charge is 0.383 e. The van der Waals surface area contributed by atoms with Crippen LogP contribution in [-0.2, 0) is 4.74 Å². The molecule has 2 aromatic heterocycles. The third-order valence-corrected chi connectivity index (χ3v) is 1.77. The van der Waals surface area contributed by atoms with Crippen molar-refractivity contribution in [3.8, 4) is 11.6 Å². The second kappa shape index (κ2) is 5.17. The highest BCUT2D eigenvalue weighted by atomic mass is 16.5. The van der Waals surface area contributed by atoms with Crippen LogP contribution in [0.4, 0.5) is 6.01 Å². The number of hydrogen-bond donors (Lipinski definition) is 1. The van der Waals surface area contributed by atoms with E-state index in [2.05, 4.69) is 25.4 Å². The van der Waals surface area contributed by atoms with Gasteiger partial charge in [0.1, 0.15) is 0 Å². The predicted octanol–water partition coefficient (Wildman–Crippen LogP) is 0.585. The molecule has 0 aliphatic rings. The minimum absolute atomic E-state index is 0.333. The van der Waals surface area contributed by atoms with E-state index in [4.69, 9.17) is 9.26 Å². The molecule has 16 heavy (non-hydrogen) atoms. The molecule has 7 nitrogen and oxygen atoms in total. The average Bonchev–Trinajstić information content (AvgIpc) is 2.79. The van der Waals surface area contributed by atoms with Gasteiger partial charge < -0.3 is 14.6 Å². The van der Waals surface area contributed by atoms with E-state index in [9.17, 15) is 0 Å². The molecule has 0 amide bonds. The first-order chi connectivity index (χ1) is 7.90. The molecule has 0 aliphatic heterocycles. The van der Waals surface area contributed by atoms with Gasteiger partial charge in [0.2, 0.25) is 11.6 Å². The lowest BCUT2D eigenvalue weighted by atomic mass is 10.5. The Balaban J connectivity index is 2.02. The molecule has 0 saturated carbocycles. The van der Waals surface area contributed by atoms with Crippen LogP contribution in [0.15, 0.2) is 23.0 Å². The van der Waals surface area contributed by atoms with E-state index in [1.807, 2.05) is 0 Å². The van der Waals surface area contributed by atoms with Crippen molar-refractivity contribution in [3.63, 3.8) is 0 Å². The maximum atomic E-state index is 4.96. The zero-order valence-corrected chi connectivity index (χ0v) is 8.75. The smallest absolute Gasteiger partial charge is 0.321 e. The van der Waals surface area contributed by atoms with Gasteiger partial charge >= 0.3 is 6.01 Å². The number of ether oxygens (including phenoxy) is 1. The molecular weight excluding hydrogens is 210 g/mol. The molecule has 2 rings (SSSR count). The van der Waals surface area contributed by atoms with E-state index < -0.39 is 0 Å². The molecule has 0 aromatic carbocycles. The Kier molecular flexibility index (Phi) is 3.39. The summed E-state index contributed by atoms with van der Waals surface area (Å²) in [5.74, 6) is 0.798. The number of anilines is 1. The second-order valence-corrected chi connectivity index (χ2v) is 2.92. The zero-order valence-electron chi connectivity index (χ0n) is 8.75. The van der Waals surface area contributed by atoms with Crippen molar-refractivity contribution in [1.82, 2.24) is 20.1 Å². The molecule has 2 aromatic rings. The van der Waals surface area contributed by atoms with E-state index in [-0.39, 0.29) is 0 Å². The molecule has 0 saturated heterocycles. The predicted molar refractivity (Wildman–Crippen MR) is 55.7 cm³/mol. The highest BCUT2D eigenvalue weighted by Gasteiger charge is 2.09. The summed E-state index contributed by atoms with van der Waals surface area (Å²) in [5, 5.41) is 6.67. The molecule has 0 aliphatic carbocycles. The molecule has 0 bridgehead atoms. The first kappa shape index (κ1) is 10.5. The third kappa shape index (κ3) is 2.51. The molecule has 0 unspecified atom stereocenters. The van der Waals surface area contributed by atoms with Crippen molar-refractivity contribution in [2.45, 2.75) is 0 Å². The highest BCUT2D eigenvalue weighted by molar-refractivity contribution is 5.43. The van der Waals surface area contributed by atoms with E-state index >= 15 is 0 Å². The number of aromatic nitrogens is 4. The maximum absolute atomic E-state index is 4.96. The number of rotatable bonds is 5. The molecule has 84 valence electrons. The highest BCUT2D eigenvalue weighted by Crippen LogP contribution is 2.11. The molecule has 7 heteroatoms. The van der Waals surface area contributed by atoms with Gasteiger partial charge in [-0.3, -0.25) is 0 Å². The van der Waals surface area contributed by atoms with Crippen molar-refractivity contribution in [2.24, 2.45) is 0 Å². The van der Waals surface area contributed by atoms with Gasteiger partial charge in [-0.15, -0.1) is 0 Å². The molecule has 0 radical (unpaired) electrons. The SMILES string of the molecule is COCCNc1nc(-c2ncccn2)no1. The maximum Gasteiger partial charge on any atom is 0.321 e. The summed E-state index contributed by atoms with van der Waals surface area (Å²) in [6.45, 7) is 1.17. The van der Waals surface area contributed by atoms with Crippen molar-refractivity contribution in [3.05, 3.63) is 18.5 Å². The first-order valence-electron chi connectivity index (χ1n) is 4.74. The van der Waals surface area contributed by atoms with Crippen LogP contribution < -0.4 is 5.32 Å². The normalized spacial score (nSPS) is 10.3. The summed E-state index contributed by atoms with van der Waals surface area (Å²) in [5.41, 5.74) is 0. The summed E-state index contributed by atoms with van der Waals surface area (Å²) in [6.07, 6.45) is 3.24. The minimum atomic E-state index is 0.333. The molecule has 0 fully saturated rings. The third-order valence-electron chi connectivity index (χ3n) is 1.77. The van der Waals surface area contributed by atoms with Crippen molar-refractivity contribution < 1.29 is 9.26 Å². The standard InChI is InChI=1S/C9H11N5O2/c1-15-6-5-12-9-13-8(14-16-9)7-10-3-2-4-11-7/h2-4H,5-6H2,1H3,(H,12,13,14). The Labute approximate surface area is 91.9 Å². The second-order valence-electron chi connectivity index (χ2n) is 2.92. The molecule has 0 spiro atoms. The molecule has 2 heterocycles. The van der Waals surface area contributed by atoms with Crippen LogP contribution in [0, 0.1) is 0 Å². The first-order valence-corrected chi connectivity index (χ1v) is 4.74. The Morgan fingerprint density at radius 3 is 2.88 bits per heavy atom. The van der Waals surface area contributed by atoms with Gasteiger partial charge in [0.05, 0.1) is 6.61 Å². The van der Waals surface area contributed by atoms with Gasteiger partial charge in [0.15, 0.2) is 0 Å². The summed E-state index contributed by atoms with van der Waals surface area (Å²) in [4.78, 5) is 12.1. The van der Waals surface area contributed by atoms with Gasteiger partial charge in [-0.2, -0.15) is 4.98 Å². The van der Waals surface area contributed by atoms with E-state index in [0.29, 0.717) is 30.8 Å². The Morgan fingerprint density at radius 1 is 1.31 bits per heavy atom. The fourth-order valence-electron chi connectivity index (χ4n) is 1.06. The van der Waals surface area contributed by atoms with Crippen LogP contribution in [0.1, 0.15) is 0 Å². The molecule has 0 atom stereocenters. The number of methoxy groups -OCH3 is 1. The van der Waals surface area contributed by atoms with E-state index in [1.54, 1.807) is 25.6 Å². The van der Waals surface area contributed by atoms with Gasteiger partial charge in [-0.05, 0) is 6.07 Å². The van der Waals surface area contributed by atoms with Crippen LogP contribution in [0.3, 0.4) is 0 Å². The van der Waals surface area contributed by atoms with Crippen LogP contribution in [0.5, 0.6) is 0 Å². The van der Waals surface area contributed by atoms with Crippen LogP contribution in [0.2, 0.25) is 0 Å². The van der Waals surface area contributed by atoms with Crippen molar-refractivity contribution >= 4 is 6.01 Å². The number of hydrogen-bond acceptors (Lipinski definition) is 7. The van der Waals surface area contributed by atoms with E-state index in [0.717, 1.165) is 0 Å². The minimum Gasteiger partial charge on any atom is -0.383 e. The fraction of sp³-hybridized carbons (Fsp3) is 0.333. The lowest BCUT2D eigenvalue weighted by molar-refractivity contribution is 0.210. The monoisotopic (exact) mass is 221 g/mol. The summed E-state index contributed by atoms with van der Waals surface area (Å²) in [7, 11) is 1.62. The summed E-state index contributed by atoms with van der Waals surface area (Å²) >= 11 is 0. The summed E-state index contributed by atoms with van der Waals surface area (Å²) < 4.78 is 9.84. The topological polar surface area (TPSA) is 86.0 Å². The Hall–Kier alpha value is -2.02. The Bertz CT molecular complexity index is 430. The Morgan fingerprint density at radius 2 is 2.12 bits per heavy atom. The fourth-order valence-corrected chi connectivity index (χ4v) is 1.06. The lowest BCUT2D eigenvalue weighted by Gasteiger charge is -1.97. The lowest BCUT2D eigenvalue weighted by Crippen LogP contribution is -2.07. The van der Waals surface area contributed by atoms with Crippen molar-refractivity contribution in [2.75, 3.05) is 25.6 Å². The van der Waals surface area contributed by atoms with Crippen molar-refractivity contribution in [1.29, 1.82) is 0 Å². The zero-order chi connectivity index (χ0) is 11.2. The number of nitrogens with zero attached hydrogens (tertiary/aromatic N) is 4. The quantitative estimate of drug-likeness (QED) is 0.739. The van der Waals surface area contributed by atoms with Gasteiger partial charge in [-0.1, -0.05) is 5.16 Å². The molecular formula is C9H11N5O2. The van der Waals surface area contributed by atoms with Gasteiger partial charge in [0.25, 0.3) is 0 Å². The van der Waals surface area contributed by atoms with Gasteiger partial charge in [0, 0.05) is 26.0 Å². The number of nitrogens with one attached hydrogen (secondary N) is 1. The molecule has 1 N–H and O–H groups in total. The van der Waals surface area contributed by atoms with Crippen LogP contribution in [-0.4, -0.2) is 40.4 Å². The van der Waals surface area contributed by atoms with Crippen LogP contribution in [0.25, 0.3) is 11.6 Å². The van der Waals surface area contributed by atoms with E-state index in [1.165, 1.54) is 0 Å². The summed E-state index contributed by atoms with van der Waals surface area (Å²) in [6, 6.07) is 2.06. The van der Waals surface area contributed by atoms with Crippen LogP contribution >= 0.6 is 0 Å². The van der Waals surface area contributed by atoms with Gasteiger partial charge in [-0.25, -0.2) is 9.97 Å².